The minimum Gasteiger partial charge on any atom is -0.443 e. The second-order valence-electron chi connectivity index (χ2n) is 6.64. The molecule has 1 aromatic heterocycles. The Morgan fingerprint density at radius 2 is 1.93 bits per heavy atom. The second kappa shape index (κ2) is 8.83. The van der Waals surface area contributed by atoms with Gasteiger partial charge in [-0.3, -0.25) is 0 Å². The van der Waals surface area contributed by atoms with Crippen LogP contribution in [0.1, 0.15) is 16.7 Å². The number of nitriles is 1. The zero-order valence-corrected chi connectivity index (χ0v) is 18.7. The fourth-order valence-electron chi connectivity index (χ4n) is 2.61. The average Bonchev–Trinajstić information content (AvgIpc) is 3.05. The van der Waals surface area contributed by atoms with Crippen LogP contribution in [-0.4, -0.2) is 29.7 Å². The van der Waals surface area contributed by atoms with Crippen LogP contribution < -0.4 is 4.74 Å². The highest BCUT2D eigenvalue weighted by Crippen LogP contribution is 2.41. The molecule has 5 nitrogen and oxygen atoms in total. The van der Waals surface area contributed by atoms with Gasteiger partial charge < -0.3 is 9.64 Å². The molecule has 0 unspecified atom stereocenters. The molecular weight excluding hydrogens is 427 g/mol. The van der Waals surface area contributed by atoms with E-state index in [1.807, 2.05) is 45.0 Å². The van der Waals surface area contributed by atoms with E-state index in [9.17, 15) is 5.26 Å². The van der Waals surface area contributed by atoms with Gasteiger partial charge in [0.05, 0.1) is 17.0 Å². The lowest BCUT2D eigenvalue weighted by Crippen LogP contribution is -2.07. The molecule has 0 saturated heterocycles. The second-order valence-corrected chi connectivity index (χ2v) is 8.22. The normalized spacial score (nSPS) is 10.9. The minimum atomic E-state index is 0.339. The molecule has 0 aliphatic heterocycles. The van der Waals surface area contributed by atoms with Gasteiger partial charge in [0.25, 0.3) is 0 Å². The van der Waals surface area contributed by atoms with E-state index in [4.69, 9.17) is 27.9 Å². The first-order chi connectivity index (χ1) is 13.8. The topological polar surface area (TPSA) is 61.5 Å². The van der Waals surface area contributed by atoms with Crippen LogP contribution in [0.5, 0.6) is 10.8 Å². The average molecular weight is 445 g/mol. The van der Waals surface area contributed by atoms with Crippen molar-refractivity contribution in [1.29, 1.82) is 5.26 Å². The maximum Gasteiger partial charge on any atom is 0.218 e. The number of nitrogens with zero attached hydrogens (tertiary/aromatic N) is 4. The zero-order chi connectivity index (χ0) is 21.1. The van der Waals surface area contributed by atoms with Gasteiger partial charge in [0.2, 0.25) is 5.06 Å². The van der Waals surface area contributed by atoms with Crippen molar-refractivity contribution < 1.29 is 4.74 Å². The van der Waals surface area contributed by atoms with Crippen molar-refractivity contribution in [3.05, 3.63) is 57.1 Å². The summed E-state index contributed by atoms with van der Waals surface area (Å²) in [5.74, 6) is 0.653. The Morgan fingerprint density at radius 1 is 1.17 bits per heavy atom. The van der Waals surface area contributed by atoms with Crippen LogP contribution in [0.2, 0.25) is 10.0 Å². The molecule has 0 fully saturated rings. The first-order valence-corrected chi connectivity index (χ1v) is 10.2. The maximum absolute atomic E-state index is 9.71. The largest absolute Gasteiger partial charge is 0.443 e. The molecule has 148 valence electrons. The number of ether oxygens (including phenoxy) is 1. The molecule has 1 heterocycles. The lowest BCUT2D eigenvalue weighted by molar-refractivity contribution is 0.491. The van der Waals surface area contributed by atoms with Crippen LogP contribution in [0.15, 0.2) is 35.3 Å². The molecule has 0 radical (unpaired) electrons. The predicted molar refractivity (Wildman–Crippen MR) is 120 cm³/mol. The van der Waals surface area contributed by atoms with Crippen molar-refractivity contribution in [3.8, 4) is 28.1 Å². The molecule has 0 aliphatic carbocycles. The molecule has 0 amide bonds. The number of aliphatic imine (C=N–C) groups is 1. The highest BCUT2D eigenvalue weighted by molar-refractivity contribution is 7.08. The van der Waals surface area contributed by atoms with Crippen molar-refractivity contribution in [1.82, 2.24) is 9.27 Å². The van der Waals surface area contributed by atoms with Gasteiger partial charge in [-0.15, -0.1) is 0 Å². The van der Waals surface area contributed by atoms with Crippen molar-refractivity contribution >= 4 is 46.8 Å². The van der Waals surface area contributed by atoms with Gasteiger partial charge >= 0.3 is 0 Å². The first-order valence-electron chi connectivity index (χ1n) is 8.65. The monoisotopic (exact) mass is 444 g/mol. The lowest BCUT2D eigenvalue weighted by atomic mass is 10.1. The molecule has 29 heavy (non-hydrogen) atoms. The summed E-state index contributed by atoms with van der Waals surface area (Å²) in [6.45, 7) is 3.90. The summed E-state index contributed by atoms with van der Waals surface area (Å²) in [5.41, 5.74) is 4.20. The molecule has 2 aromatic carbocycles. The van der Waals surface area contributed by atoms with E-state index >= 15 is 0 Å². The fourth-order valence-corrected chi connectivity index (χ4v) is 3.83. The van der Waals surface area contributed by atoms with Crippen LogP contribution in [0, 0.1) is 25.2 Å². The maximum atomic E-state index is 9.71. The van der Waals surface area contributed by atoms with E-state index in [2.05, 4.69) is 15.4 Å². The molecule has 8 heteroatoms. The van der Waals surface area contributed by atoms with E-state index < -0.39 is 0 Å². The number of hydrogen-bond donors (Lipinski definition) is 0. The van der Waals surface area contributed by atoms with Crippen molar-refractivity contribution in [2.24, 2.45) is 4.99 Å². The molecule has 0 spiro atoms. The van der Waals surface area contributed by atoms with Gasteiger partial charge in [-0.2, -0.15) is 9.64 Å². The van der Waals surface area contributed by atoms with Crippen molar-refractivity contribution in [2.75, 3.05) is 14.1 Å². The Hall–Kier alpha value is -2.59. The molecule has 0 atom stereocenters. The van der Waals surface area contributed by atoms with Crippen molar-refractivity contribution in [2.45, 2.75) is 13.8 Å². The number of rotatable bonds is 5. The smallest absolute Gasteiger partial charge is 0.218 e. The van der Waals surface area contributed by atoms with Gasteiger partial charge in [0, 0.05) is 36.2 Å². The Morgan fingerprint density at radius 3 is 2.59 bits per heavy atom. The summed E-state index contributed by atoms with van der Waals surface area (Å²) in [4.78, 5) is 6.34. The van der Waals surface area contributed by atoms with Crippen LogP contribution >= 0.6 is 34.7 Å². The van der Waals surface area contributed by atoms with Crippen molar-refractivity contribution in [3.63, 3.8) is 0 Å². The van der Waals surface area contributed by atoms with Gasteiger partial charge in [0.1, 0.15) is 23.1 Å². The Kier molecular flexibility index (Phi) is 6.43. The van der Waals surface area contributed by atoms with E-state index in [1.165, 1.54) is 0 Å². The van der Waals surface area contributed by atoms with E-state index in [0.717, 1.165) is 28.3 Å². The summed E-state index contributed by atoms with van der Waals surface area (Å²) < 4.78 is 10.5. The standard InChI is InChI=1S/C21H18Cl2N4OS/c1-12-8-19(13(2)7-18(12)25-11-27(3)4)28-21-16(10-24)20(26-29-21)15-6-5-14(22)9-17(15)23/h5-9,11H,1-4H3. The summed E-state index contributed by atoms with van der Waals surface area (Å²) in [6, 6.07) is 11.1. The van der Waals surface area contributed by atoms with Gasteiger partial charge in [0.15, 0.2) is 0 Å². The van der Waals surface area contributed by atoms with Crippen LogP contribution in [0.4, 0.5) is 5.69 Å². The predicted octanol–water partition coefficient (Wildman–Crippen LogP) is 6.62. The molecule has 0 N–H and O–H groups in total. The summed E-state index contributed by atoms with van der Waals surface area (Å²) >= 11 is 13.4. The van der Waals surface area contributed by atoms with E-state index in [-0.39, 0.29) is 0 Å². The fraction of sp³-hybridized carbons (Fsp3) is 0.190. The summed E-state index contributed by atoms with van der Waals surface area (Å²) in [5, 5.41) is 11.1. The zero-order valence-electron chi connectivity index (χ0n) is 16.3. The van der Waals surface area contributed by atoms with E-state index in [0.29, 0.717) is 37.7 Å². The quantitative estimate of drug-likeness (QED) is 0.327. The van der Waals surface area contributed by atoms with E-state index in [1.54, 1.807) is 24.5 Å². The van der Waals surface area contributed by atoms with Gasteiger partial charge in [-0.1, -0.05) is 23.2 Å². The minimum absolute atomic E-state index is 0.339. The third-order valence-corrected chi connectivity index (χ3v) is 5.36. The van der Waals surface area contributed by atoms with Crippen LogP contribution in [-0.2, 0) is 0 Å². The third kappa shape index (κ3) is 4.70. The number of benzene rings is 2. The molecule has 3 rings (SSSR count). The number of hydrogen-bond acceptors (Lipinski definition) is 5. The van der Waals surface area contributed by atoms with Crippen LogP contribution in [0.25, 0.3) is 11.3 Å². The Balaban J connectivity index is 1.97. The summed E-state index contributed by atoms with van der Waals surface area (Å²) in [6.07, 6.45) is 1.75. The molecular formula is C21H18Cl2N4OS. The number of aryl methyl sites for hydroxylation is 2. The lowest BCUT2D eigenvalue weighted by Gasteiger charge is -2.11. The van der Waals surface area contributed by atoms with Gasteiger partial charge in [-0.25, -0.2) is 4.99 Å². The highest BCUT2D eigenvalue weighted by atomic mass is 35.5. The number of halogens is 2. The molecule has 0 saturated carbocycles. The summed E-state index contributed by atoms with van der Waals surface area (Å²) in [7, 11) is 3.84. The Labute approximate surface area is 184 Å². The third-order valence-electron chi connectivity index (χ3n) is 4.08. The number of aromatic nitrogens is 1. The molecule has 0 bridgehead atoms. The Bertz CT molecular complexity index is 1130. The molecule has 3 aromatic rings. The molecule has 0 aliphatic rings. The first kappa shape index (κ1) is 21.1. The highest BCUT2D eigenvalue weighted by Gasteiger charge is 2.20. The van der Waals surface area contributed by atoms with Crippen LogP contribution in [0.3, 0.4) is 0 Å². The SMILES string of the molecule is Cc1cc(Oc2snc(-c3ccc(Cl)cc3Cl)c2C#N)c(C)cc1N=CN(C)C. The van der Waals surface area contributed by atoms with Gasteiger partial charge in [-0.05, 0) is 55.3 Å².